The number of aromatic nitrogens is 1. The van der Waals surface area contributed by atoms with Crippen molar-refractivity contribution in [1.82, 2.24) is 4.57 Å². The van der Waals surface area contributed by atoms with Crippen LogP contribution >= 0.6 is 0 Å². The Labute approximate surface area is 94.6 Å². The molecule has 16 heavy (non-hydrogen) atoms. The number of para-hydroxylation sites is 1. The third kappa shape index (κ3) is 1.58. The first-order valence-electron chi connectivity index (χ1n) is 5.27. The SMILES string of the molecule is COC(=O)C(C)c1cn(C)c2ccccc12. The van der Waals surface area contributed by atoms with Crippen LogP contribution in [-0.2, 0) is 16.6 Å². The predicted octanol–water partition coefficient (Wildman–Crippen LogP) is 2.45. The Morgan fingerprint density at radius 3 is 2.75 bits per heavy atom. The summed E-state index contributed by atoms with van der Waals surface area (Å²) in [4.78, 5) is 11.5. The maximum absolute atomic E-state index is 11.5. The molecule has 0 bridgehead atoms. The van der Waals surface area contributed by atoms with E-state index >= 15 is 0 Å². The molecule has 0 aliphatic rings. The number of aryl methyl sites for hydroxylation is 1. The number of ether oxygens (including phenoxy) is 1. The number of nitrogens with zero attached hydrogens (tertiary/aromatic N) is 1. The third-order valence-electron chi connectivity index (χ3n) is 2.95. The molecule has 2 aromatic rings. The van der Waals surface area contributed by atoms with E-state index in [-0.39, 0.29) is 11.9 Å². The maximum Gasteiger partial charge on any atom is 0.312 e. The van der Waals surface area contributed by atoms with E-state index in [9.17, 15) is 4.79 Å². The number of hydrogen-bond donors (Lipinski definition) is 0. The number of benzene rings is 1. The first-order chi connectivity index (χ1) is 7.65. The highest BCUT2D eigenvalue weighted by Gasteiger charge is 2.19. The Kier molecular flexibility index (Phi) is 2.69. The van der Waals surface area contributed by atoms with Gasteiger partial charge >= 0.3 is 5.97 Å². The maximum atomic E-state index is 11.5. The zero-order valence-corrected chi connectivity index (χ0v) is 9.73. The zero-order valence-electron chi connectivity index (χ0n) is 9.73. The molecule has 3 heteroatoms. The lowest BCUT2D eigenvalue weighted by Gasteiger charge is -2.07. The van der Waals surface area contributed by atoms with Gasteiger partial charge in [-0.3, -0.25) is 4.79 Å². The lowest BCUT2D eigenvalue weighted by molar-refractivity contribution is -0.141. The van der Waals surface area contributed by atoms with Crippen LogP contribution in [0.1, 0.15) is 18.4 Å². The normalized spacial score (nSPS) is 12.7. The van der Waals surface area contributed by atoms with Gasteiger partial charge < -0.3 is 9.30 Å². The van der Waals surface area contributed by atoms with Gasteiger partial charge in [-0.1, -0.05) is 18.2 Å². The molecule has 0 spiro atoms. The minimum atomic E-state index is -0.226. The van der Waals surface area contributed by atoms with Crippen LogP contribution in [0, 0.1) is 0 Å². The molecule has 0 saturated heterocycles. The molecule has 0 fully saturated rings. The van der Waals surface area contributed by atoms with Gasteiger partial charge in [-0.25, -0.2) is 0 Å². The summed E-state index contributed by atoms with van der Waals surface area (Å²) in [6, 6.07) is 8.05. The molecule has 2 rings (SSSR count). The van der Waals surface area contributed by atoms with Crippen LogP contribution in [-0.4, -0.2) is 17.6 Å². The van der Waals surface area contributed by atoms with Crippen LogP contribution in [0.4, 0.5) is 0 Å². The highest BCUT2D eigenvalue weighted by molar-refractivity contribution is 5.90. The van der Waals surface area contributed by atoms with Gasteiger partial charge in [-0.05, 0) is 18.6 Å². The largest absolute Gasteiger partial charge is 0.469 e. The Morgan fingerprint density at radius 1 is 1.38 bits per heavy atom. The second kappa shape index (κ2) is 4.00. The standard InChI is InChI=1S/C13H15NO2/c1-9(13(15)16-3)11-8-14(2)12-7-5-4-6-10(11)12/h4-9H,1-3H3. The molecule has 0 N–H and O–H groups in total. The Bertz CT molecular complexity index is 528. The van der Waals surface area contributed by atoms with Crippen molar-refractivity contribution in [2.75, 3.05) is 7.11 Å². The van der Waals surface area contributed by atoms with E-state index in [0.29, 0.717) is 0 Å². The summed E-state index contributed by atoms with van der Waals surface area (Å²) in [5, 5.41) is 1.11. The molecule has 1 heterocycles. The van der Waals surface area contributed by atoms with Gasteiger partial charge in [0.05, 0.1) is 13.0 Å². The molecule has 1 atom stereocenters. The van der Waals surface area contributed by atoms with Crippen LogP contribution in [0.5, 0.6) is 0 Å². The summed E-state index contributed by atoms with van der Waals surface area (Å²) in [7, 11) is 3.40. The zero-order chi connectivity index (χ0) is 11.7. The Hall–Kier alpha value is -1.77. The average molecular weight is 217 g/mol. The molecule has 84 valence electrons. The lowest BCUT2D eigenvalue weighted by Crippen LogP contribution is -2.10. The fourth-order valence-electron chi connectivity index (χ4n) is 2.02. The van der Waals surface area contributed by atoms with Crippen molar-refractivity contribution >= 4 is 16.9 Å². The summed E-state index contributed by atoms with van der Waals surface area (Å²) in [6.07, 6.45) is 1.99. The van der Waals surface area contributed by atoms with Crippen LogP contribution in [0.25, 0.3) is 10.9 Å². The fourth-order valence-corrected chi connectivity index (χ4v) is 2.02. The number of hydrogen-bond acceptors (Lipinski definition) is 2. The van der Waals surface area contributed by atoms with Crippen LogP contribution in [0.2, 0.25) is 0 Å². The number of fused-ring (bicyclic) bond motifs is 1. The van der Waals surface area contributed by atoms with Crippen LogP contribution in [0.15, 0.2) is 30.5 Å². The number of carbonyl (C=O) groups is 1. The number of carbonyl (C=O) groups excluding carboxylic acids is 1. The molecule has 1 unspecified atom stereocenters. The van der Waals surface area contributed by atoms with Gasteiger partial charge in [0.25, 0.3) is 0 Å². The smallest absolute Gasteiger partial charge is 0.312 e. The monoisotopic (exact) mass is 217 g/mol. The van der Waals surface area contributed by atoms with E-state index in [1.165, 1.54) is 7.11 Å². The molecule has 1 aromatic heterocycles. The minimum Gasteiger partial charge on any atom is -0.469 e. The molecule has 0 aliphatic heterocycles. The van der Waals surface area contributed by atoms with Crippen molar-refractivity contribution in [1.29, 1.82) is 0 Å². The molecule has 0 aliphatic carbocycles. The molecule has 3 nitrogen and oxygen atoms in total. The van der Waals surface area contributed by atoms with Gasteiger partial charge in [0.15, 0.2) is 0 Å². The second-order valence-corrected chi connectivity index (χ2v) is 3.96. The van der Waals surface area contributed by atoms with Gasteiger partial charge in [0.1, 0.15) is 0 Å². The lowest BCUT2D eigenvalue weighted by atomic mass is 10.0. The summed E-state index contributed by atoms with van der Waals surface area (Å²) in [6.45, 7) is 1.87. The van der Waals surface area contributed by atoms with Crippen molar-refractivity contribution < 1.29 is 9.53 Å². The highest BCUT2D eigenvalue weighted by Crippen LogP contribution is 2.27. The summed E-state index contributed by atoms with van der Waals surface area (Å²) >= 11 is 0. The topological polar surface area (TPSA) is 31.2 Å². The van der Waals surface area contributed by atoms with Crippen molar-refractivity contribution in [3.05, 3.63) is 36.0 Å². The first-order valence-corrected chi connectivity index (χ1v) is 5.27. The molecular formula is C13H15NO2. The van der Waals surface area contributed by atoms with E-state index in [2.05, 4.69) is 0 Å². The van der Waals surface area contributed by atoms with Crippen molar-refractivity contribution in [2.24, 2.45) is 7.05 Å². The van der Waals surface area contributed by atoms with Crippen LogP contribution < -0.4 is 0 Å². The van der Waals surface area contributed by atoms with Gasteiger partial charge in [0, 0.05) is 24.1 Å². The van der Waals surface area contributed by atoms with E-state index in [0.717, 1.165) is 16.5 Å². The van der Waals surface area contributed by atoms with E-state index in [1.807, 2.05) is 49.0 Å². The minimum absolute atomic E-state index is 0.198. The molecule has 0 radical (unpaired) electrons. The first kappa shape index (κ1) is 10.7. The van der Waals surface area contributed by atoms with E-state index in [4.69, 9.17) is 4.74 Å². The van der Waals surface area contributed by atoms with E-state index < -0.39 is 0 Å². The number of rotatable bonds is 2. The van der Waals surface area contributed by atoms with Gasteiger partial charge in [0.2, 0.25) is 0 Å². The van der Waals surface area contributed by atoms with Gasteiger partial charge in [-0.2, -0.15) is 0 Å². The summed E-state index contributed by atoms with van der Waals surface area (Å²) in [5.74, 6) is -0.424. The Morgan fingerprint density at radius 2 is 2.06 bits per heavy atom. The average Bonchev–Trinajstić information content (AvgIpc) is 2.65. The highest BCUT2D eigenvalue weighted by atomic mass is 16.5. The Balaban J connectivity index is 2.57. The van der Waals surface area contributed by atoms with Gasteiger partial charge in [-0.15, -0.1) is 0 Å². The molecule has 0 amide bonds. The predicted molar refractivity (Wildman–Crippen MR) is 63.4 cm³/mol. The molecule has 1 aromatic carbocycles. The second-order valence-electron chi connectivity index (χ2n) is 3.96. The number of esters is 1. The van der Waals surface area contributed by atoms with Crippen molar-refractivity contribution in [2.45, 2.75) is 12.8 Å². The van der Waals surface area contributed by atoms with Crippen molar-refractivity contribution in [3.63, 3.8) is 0 Å². The summed E-state index contributed by atoms with van der Waals surface area (Å²) in [5.41, 5.74) is 2.15. The number of methoxy groups -OCH3 is 1. The molecule has 0 saturated carbocycles. The van der Waals surface area contributed by atoms with Crippen molar-refractivity contribution in [3.8, 4) is 0 Å². The van der Waals surface area contributed by atoms with Crippen LogP contribution in [0.3, 0.4) is 0 Å². The molecular weight excluding hydrogens is 202 g/mol. The fraction of sp³-hybridized carbons (Fsp3) is 0.308. The summed E-state index contributed by atoms with van der Waals surface area (Å²) < 4.78 is 6.81. The third-order valence-corrected chi connectivity index (χ3v) is 2.95. The van der Waals surface area contributed by atoms with E-state index in [1.54, 1.807) is 0 Å². The quantitative estimate of drug-likeness (QED) is 0.723.